The first-order valence-electron chi connectivity index (χ1n) is 6.00. The standard InChI is InChI=1S/C13H10N2O6/c1-20-11(17)9-8-6-4-2-3-5-7(6)10(16)13(8,12(14)18)21-15(9)19/h2-5,8H,1H3,(H2,14,18)/t8-,13+/m0/s1. The molecule has 0 aromatic heterocycles. The van der Waals surface area contributed by atoms with E-state index in [1.807, 2.05) is 0 Å². The summed E-state index contributed by atoms with van der Waals surface area (Å²) in [4.78, 5) is 40.8. The molecule has 2 atom stereocenters. The van der Waals surface area contributed by atoms with E-state index in [0.717, 1.165) is 7.11 Å². The lowest BCUT2D eigenvalue weighted by Crippen LogP contribution is -2.52. The molecule has 1 aromatic rings. The highest BCUT2D eigenvalue weighted by molar-refractivity contribution is 6.41. The molecule has 1 heterocycles. The van der Waals surface area contributed by atoms with Crippen LogP contribution in [0.4, 0.5) is 0 Å². The minimum Gasteiger partial charge on any atom is -0.461 e. The molecule has 108 valence electrons. The highest BCUT2D eigenvalue weighted by Crippen LogP contribution is 2.47. The minimum atomic E-state index is -2.23. The number of esters is 1. The minimum absolute atomic E-state index is 0.158. The van der Waals surface area contributed by atoms with Crippen molar-refractivity contribution >= 4 is 23.4 Å². The van der Waals surface area contributed by atoms with Crippen LogP contribution < -0.4 is 5.73 Å². The average molecular weight is 290 g/mol. The van der Waals surface area contributed by atoms with E-state index in [9.17, 15) is 19.6 Å². The number of ketones is 1. The molecule has 8 nitrogen and oxygen atoms in total. The fourth-order valence-electron chi connectivity index (χ4n) is 2.82. The summed E-state index contributed by atoms with van der Waals surface area (Å²) in [6.45, 7) is 0. The van der Waals surface area contributed by atoms with Gasteiger partial charge in [-0.25, -0.2) is 4.79 Å². The third-order valence-electron chi connectivity index (χ3n) is 3.72. The highest BCUT2D eigenvalue weighted by atomic mass is 16.9. The van der Waals surface area contributed by atoms with Crippen LogP contribution in [0.15, 0.2) is 24.3 Å². The number of methoxy groups -OCH3 is 1. The van der Waals surface area contributed by atoms with E-state index in [1.165, 1.54) is 12.1 Å². The largest absolute Gasteiger partial charge is 0.461 e. The van der Waals surface area contributed by atoms with E-state index in [1.54, 1.807) is 12.1 Å². The molecule has 0 saturated carbocycles. The Bertz CT molecular complexity index is 725. The molecular formula is C13H10N2O6. The summed E-state index contributed by atoms with van der Waals surface area (Å²) in [5.41, 5.74) is 3.11. The number of fused-ring (bicyclic) bond motifs is 3. The summed E-state index contributed by atoms with van der Waals surface area (Å²) in [7, 11) is 1.08. The van der Waals surface area contributed by atoms with Gasteiger partial charge in [0.25, 0.3) is 0 Å². The fourth-order valence-corrected chi connectivity index (χ4v) is 2.82. The first kappa shape index (κ1) is 13.1. The van der Waals surface area contributed by atoms with Crippen molar-refractivity contribution < 1.29 is 28.9 Å². The number of rotatable bonds is 2. The summed E-state index contributed by atoms with van der Waals surface area (Å²) in [6, 6.07) is 6.23. The number of amides is 1. The third kappa shape index (κ3) is 1.38. The van der Waals surface area contributed by atoms with Crippen LogP contribution in [0.3, 0.4) is 0 Å². The van der Waals surface area contributed by atoms with Gasteiger partial charge in [0.1, 0.15) is 5.92 Å². The molecule has 0 bridgehead atoms. The Hall–Kier alpha value is -2.90. The number of primary amides is 1. The lowest BCUT2D eigenvalue weighted by molar-refractivity contribution is -0.742. The van der Waals surface area contributed by atoms with E-state index in [0.29, 0.717) is 5.56 Å². The van der Waals surface area contributed by atoms with Crippen molar-refractivity contribution in [3.05, 3.63) is 40.6 Å². The van der Waals surface area contributed by atoms with Crippen LogP contribution in [0.5, 0.6) is 0 Å². The molecule has 1 amide bonds. The molecule has 0 spiro atoms. The molecule has 3 rings (SSSR count). The summed E-state index contributed by atoms with van der Waals surface area (Å²) >= 11 is 0. The van der Waals surface area contributed by atoms with E-state index < -0.39 is 34.9 Å². The Kier molecular flexibility index (Phi) is 2.52. The quantitative estimate of drug-likeness (QED) is 0.435. The van der Waals surface area contributed by atoms with Crippen LogP contribution >= 0.6 is 0 Å². The van der Waals surface area contributed by atoms with Gasteiger partial charge in [0, 0.05) is 5.56 Å². The average Bonchev–Trinajstić information content (AvgIpc) is 2.91. The molecule has 1 aromatic carbocycles. The van der Waals surface area contributed by atoms with Crippen molar-refractivity contribution in [3.8, 4) is 0 Å². The molecule has 8 heteroatoms. The number of hydrogen-bond donors (Lipinski definition) is 1. The number of carbonyl (C=O) groups is 3. The summed E-state index contributed by atoms with van der Waals surface area (Å²) < 4.78 is 4.53. The van der Waals surface area contributed by atoms with Gasteiger partial charge in [-0.1, -0.05) is 24.3 Å². The van der Waals surface area contributed by atoms with Crippen LogP contribution in [0.1, 0.15) is 21.8 Å². The molecule has 2 N–H and O–H groups in total. The lowest BCUT2D eigenvalue weighted by atomic mass is 9.84. The van der Waals surface area contributed by atoms with Crippen molar-refractivity contribution in [2.75, 3.05) is 7.11 Å². The summed E-state index contributed by atoms with van der Waals surface area (Å²) in [5.74, 6) is -4.06. The van der Waals surface area contributed by atoms with Crippen LogP contribution in [0.25, 0.3) is 0 Å². The van der Waals surface area contributed by atoms with Crippen LogP contribution in [-0.2, 0) is 19.2 Å². The molecule has 1 aliphatic heterocycles. The predicted molar refractivity (Wildman–Crippen MR) is 67.2 cm³/mol. The molecule has 1 aliphatic carbocycles. The van der Waals surface area contributed by atoms with E-state index in [-0.39, 0.29) is 10.5 Å². The fraction of sp³-hybridized carbons (Fsp3) is 0.231. The lowest BCUT2D eigenvalue weighted by Gasteiger charge is -2.23. The predicted octanol–water partition coefficient (Wildman–Crippen LogP) is -0.740. The Morgan fingerprint density at radius 1 is 1.43 bits per heavy atom. The van der Waals surface area contributed by atoms with Crippen molar-refractivity contribution in [1.82, 2.24) is 0 Å². The molecule has 0 unspecified atom stereocenters. The SMILES string of the molecule is COC(=O)C1=[N+]([O-])O[C@@]2(C(N)=O)C(=O)c3ccccc3[C@@H]12. The number of ether oxygens (including phenoxy) is 1. The number of carbonyl (C=O) groups excluding carboxylic acids is 3. The zero-order valence-electron chi connectivity index (χ0n) is 10.9. The molecule has 0 fully saturated rings. The van der Waals surface area contributed by atoms with Crippen LogP contribution in [-0.4, -0.2) is 41.0 Å². The monoisotopic (exact) mass is 290 g/mol. The maximum atomic E-state index is 12.5. The van der Waals surface area contributed by atoms with Gasteiger partial charge >= 0.3 is 11.7 Å². The molecule has 0 radical (unpaired) electrons. The van der Waals surface area contributed by atoms with Gasteiger partial charge < -0.3 is 15.3 Å². The molecule has 0 saturated heterocycles. The Labute approximate surface area is 118 Å². The first-order valence-corrected chi connectivity index (χ1v) is 6.00. The van der Waals surface area contributed by atoms with Crippen LogP contribution in [0.2, 0.25) is 0 Å². The van der Waals surface area contributed by atoms with E-state index in [4.69, 9.17) is 10.6 Å². The summed E-state index contributed by atoms with van der Waals surface area (Å²) in [5, 5.41) is 11.8. The summed E-state index contributed by atoms with van der Waals surface area (Å²) in [6.07, 6.45) is 0. The second-order valence-corrected chi connectivity index (χ2v) is 4.67. The van der Waals surface area contributed by atoms with Gasteiger partial charge in [-0.05, 0) is 5.56 Å². The Balaban J connectivity index is 2.29. The number of benzene rings is 1. The van der Waals surface area contributed by atoms with Gasteiger partial charge in [-0.3, -0.25) is 14.8 Å². The molecular weight excluding hydrogens is 280 g/mol. The number of hydrogen-bond acceptors (Lipinski definition) is 6. The topological polar surface area (TPSA) is 122 Å². The second kappa shape index (κ2) is 4.05. The van der Waals surface area contributed by atoms with E-state index in [2.05, 4.69) is 4.74 Å². The number of Topliss-reactive ketones (excluding diaryl/α,β-unsaturated/α-hetero) is 1. The smallest absolute Gasteiger partial charge is 0.405 e. The van der Waals surface area contributed by atoms with Gasteiger partial charge in [0.05, 0.1) is 12.0 Å². The zero-order valence-corrected chi connectivity index (χ0v) is 10.9. The Morgan fingerprint density at radius 2 is 2.10 bits per heavy atom. The maximum Gasteiger partial charge on any atom is 0.405 e. The van der Waals surface area contributed by atoms with E-state index >= 15 is 0 Å². The van der Waals surface area contributed by atoms with Crippen LogP contribution in [0, 0.1) is 5.21 Å². The van der Waals surface area contributed by atoms with Crippen molar-refractivity contribution in [2.45, 2.75) is 11.5 Å². The number of nitrogens with two attached hydrogens (primary N) is 1. The van der Waals surface area contributed by atoms with Crippen molar-refractivity contribution in [1.29, 1.82) is 0 Å². The van der Waals surface area contributed by atoms with Gasteiger partial charge in [-0.15, -0.1) is 0 Å². The number of nitrogens with zero attached hydrogens (tertiary/aromatic N) is 1. The highest BCUT2D eigenvalue weighted by Gasteiger charge is 2.68. The maximum absolute atomic E-state index is 12.5. The van der Waals surface area contributed by atoms with Crippen molar-refractivity contribution in [3.63, 3.8) is 0 Å². The van der Waals surface area contributed by atoms with Gasteiger partial charge in [-0.2, -0.15) is 0 Å². The molecule has 2 aliphatic rings. The Morgan fingerprint density at radius 3 is 2.71 bits per heavy atom. The van der Waals surface area contributed by atoms with Crippen molar-refractivity contribution in [2.24, 2.45) is 5.73 Å². The third-order valence-corrected chi connectivity index (χ3v) is 3.72. The zero-order chi connectivity index (χ0) is 15.4. The van der Waals surface area contributed by atoms with Gasteiger partial charge in [0.2, 0.25) is 11.5 Å². The van der Waals surface area contributed by atoms with Gasteiger partial charge in [0.15, 0.2) is 5.78 Å². The normalized spacial score (nSPS) is 26.1. The first-order chi connectivity index (χ1) is 9.95. The molecule has 21 heavy (non-hydrogen) atoms. The second-order valence-electron chi connectivity index (χ2n) is 4.67.